The van der Waals surface area contributed by atoms with Gasteiger partial charge in [0.05, 0.1) is 17.9 Å². The Labute approximate surface area is 186 Å². The number of carbonyl (C=O) groups is 2. The molecule has 1 aliphatic carbocycles. The van der Waals surface area contributed by atoms with Gasteiger partial charge in [-0.25, -0.2) is 9.78 Å². The maximum Gasteiger partial charge on any atom is 0.326 e. The van der Waals surface area contributed by atoms with Crippen LogP contribution in [0.4, 0.5) is 16.3 Å². The Bertz CT molecular complexity index is 1070. The van der Waals surface area contributed by atoms with Gasteiger partial charge in [-0.3, -0.25) is 14.7 Å². The Morgan fingerprint density at radius 1 is 1.16 bits per heavy atom. The van der Waals surface area contributed by atoms with Gasteiger partial charge < -0.3 is 20.3 Å². The van der Waals surface area contributed by atoms with Crippen molar-refractivity contribution < 1.29 is 14.3 Å². The summed E-state index contributed by atoms with van der Waals surface area (Å²) in [4.78, 5) is 38.7. The second kappa shape index (κ2) is 7.65. The van der Waals surface area contributed by atoms with Crippen molar-refractivity contribution in [3.05, 3.63) is 41.9 Å². The number of nitrogens with zero attached hydrogens (tertiary/aromatic N) is 4. The predicted molar refractivity (Wildman–Crippen MR) is 118 cm³/mol. The molecule has 2 aromatic heterocycles. The highest BCUT2D eigenvalue weighted by Gasteiger charge is 2.41. The number of amides is 3. The minimum absolute atomic E-state index is 0.0253. The molecule has 0 radical (unpaired) electrons. The number of nitrogens with one attached hydrogen (secondary N) is 2. The summed E-state index contributed by atoms with van der Waals surface area (Å²) in [5, 5.41) is 5.99. The van der Waals surface area contributed by atoms with E-state index in [0.29, 0.717) is 36.1 Å². The lowest BCUT2D eigenvalue weighted by atomic mass is 10.1. The van der Waals surface area contributed by atoms with Crippen molar-refractivity contribution in [1.29, 1.82) is 0 Å². The molecule has 2 bridgehead atoms. The summed E-state index contributed by atoms with van der Waals surface area (Å²) in [5.74, 6) is 1.67. The normalized spacial score (nSPS) is 23.1. The average molecular weight is 435 g/mol. The van der Waals surface area contributed by atoms with Crippen LogP contribution in [0, 0.1) is 5.92 Å². The SMILES string of the molecule is O=C(NCC1CC1)c1ccc2c(n1)N(C(=O)NC1CCc3ccncc3O1)[C@H]1CCN2C1. The van der Waals surface area contributed by atoms with Gasteiger partial charge in [-0.15, -0.1) is 0 Å². The number of hydrogen-bond acceptors (Lipinski definition) is 6. The molecule has 2 fully saturated rings. The van der Waals surface area contributed by atoms with Gasteiger partial charge in [-0.2, -0.15) is 0 Å². The zero-order valence-electron chi connectivity index (χ0n) is 17.8. The van der Waals surface area contributed by atoms with Gasteiger partial charge in [0, 0.05) is 32.3 Å². The Hall–Kier alpha value is -3.36. The Morgan fingerprint density at radius 3 is 2.94 bits per heavy atom. The highest BCUT2D eigenvalue weighted by Crippen LogP contribution is 2.39. The number of hydrogen-bond donors (Lipinski definition) is 2. The number of carbonyl (C=O) groups excluding carboxylic acids is 2. The summed E-state index contributed by atoms with van der Waals surface area (Å²) in [5.41, 5.74) is 2.34. The van der Waals surface area contributed by atoms with E-state index in [-0.39, 0.29) is 18.0 Å². The van der Waals surface area contributed by atoms with Gasteiger partial charge in [0.1, 0.15) is 11.4 Å². The van der Waals surface area contributed by atoms with Crippen LogP contribution < -0.4 is 25.2 Å². The summed E-state index contributed by atoms with van der Waals surface area (Å²) in [6.45, 7) is 2.33. The molecule has 1 saturated heterocycles. The van der Waals surface area contributed by atoms with E-state index in [0.717, 1.165) is 37.2 Å². The lowest BCUT2D eigenvalue weighted by molar-refractivity contribution is 0.0946. The third-order valence-corrected chi connectivity index (χ3v) is 6.75. The lowest BCUT2D eigenvalue weighted by Gasteiger charge is -2.37. The number of fused-ring (bicyclic) bond motifs is 5. The van der Waals surface area contributed by atoms with E-state index in [1.165, 1.54) is 12.8 Å². The molecule has 9 heteroatoms. The van der Waals surface area contributed by atoms with E-state index in [1.54, 1.807) is 23.4 Å². The molecule has 3 aliphatic heterocycles. The van der Waals surface area contributed by atoms with E-state index in [9.17, 15) is 9.59 Å². The number of anilines is 2. The molecule has 166 valence electrons. The molecule has 0 aromatic carbocycles. The van der Waals surface area contributed by atoms with Crippen molar-refractivity contribution in [1.82, 2.24) is 20.6 Å². The highest BCUT2D eigenvalue weighted by molar-refractivity contribution is 5.99. The molecular weight excluding hydrogens is 408 g/mol. The third-order valence-electron chi connectivity index (χ3n) is 6.75. The van der Waals surface area contributed by atoms with E-state index in [1.807, 2.05) is 12.1 Å². The van der Waals surface area contributed by atoms with Crippen molar-refractivity contribution >= 4 is 23.4 Å². The molecule has 2 N–H and O–H groups in total. The topological polar surface area (TPSA) is 99.7 Å². The first kappa shape index (κ1) is 19.3. The van der Waals surface area contributed by atoms with Crippen molar-refractivity contribution in [2.45, 2.75) is 44.4 Å². The fourth-order valence-corrected chi connectivity index (χ4v) is 4.78. The number of rotatable bonds is 4. The fraction of sp³-hybridized carbons (Fsp3) is 0.478. The summed E-state index contributed by atoms with van der Waals surface area (Å²) < 4.78 is 5.97. The van der Waals surface area contributed by atoms with Crippen molar-refractivity contribution in [3.8, 4) is 5.75 Å². The van der Waals surface area contributed by atoms with Crippen LogP contribution in [0.2, 0.25) is 0 Å². The maximum atomic E-state index is 13.4. The van der Waals surface area contributed by atoms with Crippen LogP contribution in [0.25, 0.3) is 0 Å². The van der Waals surface area contributed by atoms with E-state index in [4.69, 9.17) is 4.74 Å². The van der Waals surface area contributed by atoms with Crippen LogP contribution in [0.5, 0.6) is 5.75 Å². The second-order valence-corrected chi connectivity index (χ2v) is 9.03. The van der Waals surface area contributed by atoms with Crippen LogP contribution in [0.3, 0.4) is 0 Å². The van der Waals surface area contributed by atoms with Gasteiger partial charge in [0.2, 0.25) is 0 Å². The highest BCUT2D eigenvalue weighted by atomic mass is 16.5. The van der Waals surface area contributed by atoms with Gasteiger partial charge in [0.15, 0.2) is 12.0 Å². The van der Waals surface area contributed by atoms with Crippen LogP contribution >= 0.6 is 0 Å². The van der Waals surface area contributed by atoms with Crippen molar-refractivity contribution in [2.75, 3.05) is 29.4 Å². The zero-order chi connectivity index (χ0) is 21.7. The van der Waals surface area contributed by atoms with Crippen LogP contribution in [-0.2, 0) is 6.42 Å². The van der Waals surface area contributed by atoms with Gasteiger partial charge in [0.25, 0.3) is 5.91 Å². The molecule has 2 aromatic rings. The van der Waals surface area contributed by atoms with Gasteiger partial charge in [-0.1, -0.05) is 0 Å². The lowest BCUT2D eigenvalue weighted by Crippen LogP contribution is -2.54. The van der Waals surface area contributed by atoms with Crippen LogP contribution in [0.1, 0.15) is 41.7 Å². The van der Waals surface area contributed by atoms with E-state index < -0.39 is 6.23 Å². The molecule has 32 heavy (non-hydrogen) atoms. The maximum absolute atomic E-state index is 13.4. The Morgan fingerprint density at radius 2 is 2.06 bits per heavy atom. The summed E-state index contributed by atoms with van der Waals surface area (Å²) in [6.07, 6.45) is 7.74. The number of aryl methyl sites for hydroxylation is 1. The second-order valence-electron chi connectivity index (χ2n) is 9.03. The molecule has 6 rings (SSSR count). The first-order valence-electron chi connectivity index (χ1n) is 11.4. The molecule has 0 spiro atoms. The molecule has 2 atom stereocenters. The Kier molecular flexibility index (Phi) is 4.62. The van der Waals surface area contributed by atoms with Crippen LogP contribution in [0.15, 0.2) is 30.6 Å². The number of pyridine rings is 2. The standard InChI is InChI=1S/C23H26N6O3/c30-22(25-11-14-1-2-14)17-4-5-18-21(26-17)29(16-8-10-28(18)13-16)23(31)27-20-6-3-15-7-9-24-12-19(15)32-20/h4-5,7,9,12,14,16,20H,1-3,6,8,10-11,13H2,(H,25,30)(H,27,31)/t16-,20?/m0/s1. The van der Waals surface area contributed by atoms with Crippen LogP contribution in [-0.4, -0.2) is 53.8 Å². The number of ether oxygens (including phenoxy) is 1. The molecule has 4 aliphatic rings. The van der Waals surface area contributed by atoms with Gasteiger partial charge >= 0.3 is 6.03 Å². The smallest absolute Gasteiger partial charge is 0.326 e. The quantitative estimate of drug-likeness (QED) is 0.764. The minimum atomic E-state index is -0.424. The molecule has 3 amide bonds. The zero-order valence-corrected chi connectivity index (χ0v) is 17.8. The van der Waals surface area contributed by atoms with Crippen molar-refractivity contribution in [2.24, 2.45) is 5.92 Å². The van der Waals surface area contributed by atoms with E-state index >= 15 is 0 Å². The largest absolute Gasteiger partial charge is 0.469 e. The molecule has 1 unspecified atom stereocenters. The third kappa shape index (κ3) is 3.51. The first-order chi connectivity index (χ1) is 15.7. The number of aromatic nitrogens is 2. The van der Waals surface area contributed by atoms with E-state index in [2.05, 4.69) is 25.5 Å². The molecule has 9 nitrogen and oxygen atoms in total. The average Bonchev–Trinajstić information content (AvgIpc) is 3.56. The fourth-order valence-electron chi connectivity index (χ4n) is 4.78. The Balaban J connectivity index is 1.23. The summed E-state index contributed by atoms with van der Waals surface area (Å²) in [7, 11) is 0. The molecule has 5 heterocycles. The predicted octanol–water partition coefficient (Wildman–Crippen LogP) is 2.08. The minimum Gasteiger partial charge on any atom is -0.469 e. The summed E-state index contributed by atoms with van der Waals surface area (Å²) in [6, 6.07) is 5.40. The summed E-state index contributed by atoms with van der Waals surface area (Å²) >= 11 is 0. The monoisotopic (exact) mass is 434 g/mol. The number of urea groups is 1. The molecule has 1 saturated carbocycles. The van der Waals surface area contributed by atoms with Gasteiger partial charge in [-0.05, 0) is 55.4 Å². The first-order valence-corrected chi connectivity index (χ1v) is 11.4. The molecular formula is C23H26N6O3. The van der Waals surface area contributed by atoms with Crippen molar-refractivity contribution in [3.63, 3.8) is 0 Å².